The Balaban J connectivity index is 1.84. The molecule has 1 aromatic heterocycles. The van der Waals surface area contributed by atoms with Crippen LogP contribution in [0.2, 0.25) is 0 Å². The Morgan fingerprint density at radius 2 is 1.56 bits per heavy atom. The molecular weight excluding hydrogens is 362 g/mol. The van der Waals surface area contributed by atoms with E-state index in [0.29, 0.717) is 22.1 Å². The van der Waals surface area contributed by atoms with Crippen LogP contribution in [0, 0.1) is 6.92 Å². The summed E-state index contributed by atoms with van der Waals surface area (Å²) in [6.45, 7) is 2.01. The molecule has 3 rings (SSSR count). The van der Waals surface area contributed by atoms with Crippen molar-refractivity contribution in [2.24, 2.45) is 0 Å². The number of amides is 1. The van der Waals surface area contributed by atoms with Gasteiger partial charge in [-0.2, -0.15) is 0 Å². The molecule has 0 aliphatic heterocycles. The number of carbonyl (C=O) groups excluding carboxylic acids is 1. The minimum Gasteiger partial charge on any atom is -0.497 e. The zero-order chi connectivity index (χ0) is 19.4. The molecule has 0 fully saturated rings. The van der Waals surface area contributed by atoms with Gasteiger partial charge in [0.15, 0.2) is 0 Å². The number of ether oxygens (including phenoxy) is 3. The fourth-order valence-corrected chi connectivity index (χ4v) is 3.67. The molecule has 6 heteroatoms. The third kappa shape index (κ3) is 4.06. The van der Waals surface area contributed by atoms with Gasteiger partial charge in [0.05, 0.1) is 31.9 Å². The molecule has 0 saturated heterocycles. The van der Waals surface area contributed by atoms with Crippen LogP contribution in [0.3, 0.4) is 0 Å². The monoisotopic (exact) mass is 383 g/mol. The van der Waals surface area contributed by atoms with Crippen LogP contribution < -0.4 is 19.5 Å². The summed E-state index contributed by atoms with van der Waals surface area (Å²) in [5, 5.41) is 2.91. The number of rotatable bonds is 6. The topological polar surface area (TPSA) is 56.8 Å². The highest BCUT2D eigenvalue weighted by Gasteiger charge is 2.16. The molecule has 1 N–H and O–H groups in total. The highest BCUT2D eigenvalue weighted by Crippen LogP contribution is 2.34. The summed E-state index contributed by atoms with van der Waals surface area (Å²) in [7, 11) is 4.78. The molecule has 1 amide bonds. The number of aryl methyl sites for hydroxylation is 1. The van der Waals surface area contributed by atoms with Crippen molar-refractivity contribution < 1.29 is 19.0 Å². The quantitative estimate of drug-likeness (QED) is 0.651. The molecule has 0 aliphatic rings. The van der Waals surface area contributed by atoms with E-state index in [1.54, 1.807) is 39.5 Å². The van der Waals surface area contributed by atoms with Crippen LogP contribution in [0.25, 0.3) is 11.1 Å². The Labute approximate surface area is 162 Å². The molecule has 0 spiro atoms. The average Bonchev–Trinajstić information content (AvgIpc) is 3.10. The highest BCUT2D eigenvalue weighted by atomic mass is 32.1. The first kappa shape index (κ1) is 18.8. The number of methoxy groups -OCH3 is 3. The zero-order valence-corrected chi connectivity index (χ0v) is 16.5. The second-order valence-corrected chi connectivity index (χ2v) is 7.09. The van der Waals surface area contributed by atoms with Crippen LogP contribution in [0.15, 0.2) is 48.5 Å². The summed E-state index contributed by atoms with van der Waals surface area (Å²) < 4.78 is 15.7. The maximum absolute atomic E-state index is 12.7. The van der Waals surface area contributed by atoms with Gasteiger partial charge in [0, 0.05) is 10.9 Å². The number of carbonyl (C=O) groups is 1. The fraction of sp³-hybridized carbons (Fsp3) is 0.190. The largest absolute Gasteiger partial charge is 0.497 e. The van der Waals surface area contributed by atoms with E-state index in [0.717, 1.165) is 21.8 Å². The maximum Gasteiger partial charge on any atom is 0.265 e. The molecule has 0 bridgehead atoms. The third-order valence-electron chi connectivity index (χ3n) is 4.20. The number of nitrogens with one attached hydrogen (secondary N) is 1. The molecule has 0 unspecified atom stereocenters. The van der Waals surface area contributed by atoms with Gasteiger partial charge in [-0.05, 0) is 48.4 Å². The molecule has 0 atom stereocenters. The van der Waals surface area contributed by atoms with E-state index in [2.05, 4.69) is 5.32 Å². The summed E-state index contributed by atoms with van der Waals surface area (Å²) >= 11 is 1.46. The van der Waals surface area contributed by atoms with Crippen LogP contribution in [-0.4, -0.2) is 27.2 Å². The first-order valence-corrected chi connectivity index (χ1v) is 9.15. The minimum atomic E-state index is -0.175. The van der Waals surface area contributed by atoms with Crippen molar-refractivity contribution in [3.8, 4) is 28.4 Å². The molecule has 27 heavy (non-hydrogen) atoms. The normalized spacial score (nSPS) is 10.4. The first-order chi connectivity index (χ1) is 13.0. The van der Waals surface area contributed by atoms with Crippen molar-refractivity contribution in [2.45, 2.75) is 6.92 Å². The first-order valence-electron chi connectivity index (χ1n) is 8.34. The number of hydrogen-bond acceptors (Lipinski definition) is 5. The number of benzene rings is 2. The highest BCUT2D eigenvalue weighted by molar-refractivity contribution is 7.14. The Morgan fingerprint density at radius 1 is 0.889 bits per heavy atom. The summed E-state index contributed by atoms with van der Waals surface area (Å²) in [5.74, 6) is 1.84. The molecule has 140 valence electrons. The van der Waals surface area contributed by atoms with Gasteiger partial charge in [-0.15, -0.1) is 11.3 Å². The van der Waals surface area contributed by atoms with Gasteiger partial charge >= 0.3 is 0 Å². The van der Waals surface area contributed by atoms with Gasteiger partial charge in [-0.3, -0.25) is 4.79 Å². The molecule has 3 aromatic rings. The zero-order valence-electron chi connectivity index (χ0n) is 15.7. The van der Waals surface area contributed by atoms with Gasteiger partial charge in [0.1, 0.15) is 17.2 Å². The fourth-order valence-electron chi connectivity index (χ4n) is 2.74. The third-order valence-corrected chi connectivity index (χ3v) is 5.25. The minimum absolute atomic E-state index is 0.175. The van der Waals surface area contributed by atoms with Gasteiger partial charge in [-0.1, -0.05) is 12.1 Å². The second-order valence-electron chi connectivity index (χ2n) is 5.83. The SMILES string of the molecule is COc1ccc(-c2cc(C(=O)Nc3ccc(OC)cc3OC)sc2C)cc1. The van der Waals surface area contributed by atoms with E-state index in [1.807, 2.05) is 37.3 Å². The lowest BCUT2D eigenvalue weighted by atomic mass is 10.1. The molecule has 0 radical (unpaired) electrons. The van der Waals surface area contributed by atoms with Gasteiger partial charge in [0.2, 0.25) is 0 Å². The van der Waals surface area contributed by atoms with E-state index in [1.165, 1.54) is 11.3 Å². The predicted octanol–water partition coefficient (Wildman–Crippen LogP) is 5.00. The lowest BCUT2D eigenvalue weighted by Gasteiger charge is -2.11. The number of anilines is 1. The van der Waals surface area contributed by atoms with E-state index in [-0.39, 0.29) is 5.91 Å². The van der Waals surface area contributed by atoms with Crippen LogP contribution >= 0.6 is 11.3 Å². The summed E-state index contributed by atoms with van der Waals surface area (Å²) in [5.41, 5.74) is 2.68. The lowest BCUT2D eigenvalue weighted by Crippen LogP contribution is -2.11. The molecular formula is C21H21NO4S. The summed E-state index contributed by atoms with van der Waals surface area (Å²) in [4.78, 5) is 14.4. The maximum atomic E-state index is 12.7. The smallest absolute Gasteiger partial charge is 0.265 e. The van der Waals surface area contributed by atoms with Crippen molar-refractivity contribution in [3.05, 3.63) is 58.3 Å². The van der Waals surface area contributed by atoms with Crippen molar-refractivity contribution in [3.63, 3.8) is 0 Å². The van der Waals surface area contributed by atoms with Crippen LogP contribution in [0.5, 0.6) is 17.2 Å². The Kier molecular flexibility index (Phi) is 5.66. The molecule has 0 aliphatic carbocycles. The standard InChI is InChI=1S/C21H21NO4S/c1-13-17(14-5-7-15(24-2)8-6-14)12-20(27-13)21(23)22-18-10-9-16(25-3)11-19(18)26-4/h5-12H,1-4H3,(H,22,23). The molecule has 0 saturated carbocycles. The average molecular weight is 383 g/mol. The number of thiophene rings is 1. The summed E-state index contributed by atoms with van der Waals surface area (Å²) in [6, 6.07) is 15.0. The Hall–Kier alpha value is -2.99. The van der Waals surface area contributed by atoms with Gasteiger partial charge in [-0.25, -0.2) is 0 Å². The van der Waals surface area contributed by atoms with E-state index in [9.17, 15) is 4.79 Å². The van der Waals surface area contributed by atoms with E-state index in [4.69, 9.17) is 14.2 Å². The number of hydrogen-bond donors (Lipinski definition) is 1. The van der Waals surface area contributed by atoms with Crippen molar-refractivity contribution in [2.75, 3.05) is 26.6 Å². The Morgan fingerprint density at radius 3 is 2.19 bits per heavy atom. The van der Waals surface area contributed by atoms with Gasteiger partial charge in [0.25, 0.3) is 5.91 Å². The van der Waals surface area contributed by atoms with E-state index < -0.39 is 0 Å². The second kappa shape index (κ2) is 8.14. The van der Waals surface area contributed by atoms with E-state index >= 15 is 0 Å². The van der Waals surface area contributed by atoms with Crippen LogP contribution in [0.1, 0.15) is 14.5 Å². The predicted molar refractivity (Wildman–Crippen MR) is 109 cm³/mol. The van der Waals surface area contributed by atoms with Crippen LogP contribution in [0.4, 0.5) is 5.69 Å². The van der Waals surface area contributed by atoms with Crippen molar-refractivity contribution in [1.29, 1.82) is 0 Å². The molecule has 1 heterocycles. The van der Waals surface area contributed by atoms with Crippen molar-refractivity contribution >= 4 is 22.9 Å². The van der Waals surface area contributed by atoms with Gasteiger partial charge < -0.3 is 19.5 Å². The summed E-state index contributed by atoms with van der Waals surface area (Å²) in [6.07, 6.45) is 0. The Bertz CT molecular complexity index is 947. The van der Waals surface area contributed by atoms with Crippen molar-refractivity contribution in [1.82, 2.24) is 0 Å². The van der Waals surface area contributed by atoms with Crippen LogP contribution in [-0.2, 0) is 0 Å². The molecule has 2 aromatic carbocycles. The lowest BCUT2D eigenvalue weighted by molar-refractivity contribution is 0.103. The molecule has 5 nitrogen and oxygen atoms in total.